The minimum atomic E-state index is -0.458. The Hall–Kier alpha value is -1.18. The molecule has 0 aromatic carbocycles. The van der Waals surface area contributed by atoms with Crippen LogP contribution in [0.25, 0.3) is 6.08 Å². The van der Waals surface area contributed by atoms with Gasteiger partial charge in [0.25, 0.3) is 0 Å². The van der Waals surface area contributed by atoms with Gasteiger partial charge in [0.05, 0.1) is 5.69 Å². The number of pyridine rings is 1. The third-order valence-corrected chi connectivity index (χ3v) is 1.30. The van der Waals surface area contributed by atoms with Gasteiger partial charge in [-0.1, -0.05) is 12.6 Å². The molecule has 0 atom stereocenters. The summed E-state index contributed by atoms with van der Waals surface area (Å²) in [5.74, 6) is -0.458. The van der Waals surface area contributed by atoms with Crippen LogP contribution < -0.4 is 0 Å². The monoisotopic (exact) mass is 137 g/mol. The van der Waals surface area contributed by atoms with Crippen molar-refractivity contribution in [3.8, 4) is 0 Å². The Labute approximate surface area is 59.2 Å². The van der Waals surface area contributed by atoms with Crippen molar-refractivity contribution in [2.75, 3.05) is 0 Å². The van der Waals surface area contributed by atoms with E-state index in [0.29, 0.717) is 5.69 Å². The summed E-state index contributed by atoms with van der Waals surface area (Å²) in [6, 6.07) is 3.02. The molecule has 0 bridgehead atoms. The van der Waals surface area contributed by atoms with E-state index in [9.17, 15) is 4.39 Å². The smallest absolute Gasteiger partial charge is 0.213 e. The van der Waals surface area contributed by atoms with Gasteiger partial charge in [0.1, 0.15) is 0 Å². The van der Waals surface area contributed by atoms with E-state index in [0.717, 1.165) is 5.56 Å². The number of nitrogens with zero attached hydrogens (tertiary/aromatic N) is 1. The lowest BCUT2D eigenvalue weighted by Crippen LogP contribution is -1.88. The molecule has 1 aromatic rings. The fraction of sp³-hybridized carbons (Fsp3) is 0.125. The molecule has 1 heterocycles. The van der Waals surface area contributed by atoms with E-state index in [1.54, 1.807) is 12.1 Å². The highest BCUT2D eigenvalue weighted by Crippen LogP contribution is 2.05. The molecule has 0 unspecified atom stereocenters. The van der Waals surface area contributed by atoms with Crippen molar-refractivity contribution in [3.63, 3.8) is 0 Å². The lowest BCUT2D eigenvalue weighted by atomic mass is 10.2. The van der Waals surface area contributed by atoms with Crippen LogP contribution in [0.3, 0.4) is 0 Å². The third-order valence-electron chi connectivity index (χ3n) is 1.30. The first kappa shape index (κ1) is 6.93. The summed E-state index contributed by atoms with van der Waals surface area (Å²) in [5, 5.41) is 0. The first-order valence-electron chi connectivity index (χ1n) is 2.99. The average molecular weight is 137 g/mol. The van der Waals surface area contributed by atoms with Crippen LogP contribution in [-0.4, -0.2) is 4.98 Å². The number of halogens is 1. The van der Waals surface area contributed by atoms with Crippen LogP contribution in [0.1, 0.15) is 11.3 Å². The van der Waals surface area contributed by atoms with E-state index in [-0.39, 0.29) is 0 Å². The second-order valence-corrected chi connectivity index (χ2v) is 2.04. The Bertz CT molecular complexity index is 255. The molecule has 0 saturated carbocycles. The average Bonchev–Trinajstić information content (AvgIpc) is 1.94. The van der Waals surface area contributed by atoms with Crippen molar-refractivity contribution in [2.24, 2.45) is 0 Å². The number of rotatable bonds is 1. The summed E-state index contributed by atoms with van der Waals surface area (Å²) in [6.07, 6.45) is 1.54. The third kappa shape index (κ3) is 1.21. The quantitative estimate of drug-likeness (QED) is 0.540. The van der Waals surface area contributed by atoms with Crippen molar-refractivity contribution in [1.29, 1.82) is 0 Å². The zero-order chi connectivity index (χ0) is 7.56. The zero-order valence-electron chi connectivity index (χ0n) is 5.76. The summed E-state index contributed by atoms with van der Waals surface area (Å²) in [4.78, 5) is 3.61. The SMILES string of the molecule is C=Cc1nc(F)ccc1C. The maximum atomic E-state index is 12.4. The molecule has 1 nitrogen and oxygen atoms in total. The first-order valence-corrected chi connectivity index (χ1v) is 2.99. The van der Waals surface area contributed by atoms with Crippen LogP contribution in [0.2, 0.25) is 0 Å². The second kappa shape index (κ2) is 2.60. The van der Waals surface area contributed by atoms with Gasteiger partial charge >= 0.3 is 0 Å². The van der Waals surface area contributed by atoms with Gasteiger partial charge < -0.3 is 0 Å². The van der Waals surface area contributed by atoms with Gasteiger partial charge in [-0.3, -0.25) is 0 Å². The highest BCUT2D eigenvalue weighted by molar-refractivity contribution is 5.45. The molecule has 1 aromatic heterocycles. The van der Waals surface area contributed by atoms with Crippen LogP contribution >= 0.6 is 0 Å². The normalized spacial score (nSPS) is 9.40. The molecule has 0 fully saturated rings. The maximum Gasteiger partial charge on any atom is 0.213 e. The number of hydrogen-bond acceptors (Lipinski definition) is 1. The van der Waals surface area contributed by atoms with Crippen LogP contribution in [0.15, 0.2) is 18.7 Å². The van der Waals surface area contributed by atoms with Gasteiger partial charge in [0.15, 0.2) is 0 Å². The van der Waals surface area contributed by atoms with Crippen molar-refractivity contribution in [2.45, 2.75) is 6.92 Å². The van der Waals surface area contributed by atoms with Crippen LogP contribution in [0.4, 0.5) is 4.39 Å². The number of hydrogen-bond donors (Lipinski definition) is 0. The van der Waals surface area contributed by atoms with Crippen molar-refractivity contribution in [1.82, 2.24) is 4.98 Å². The molecular formula is C8H8FN. The van der Waals surface area contributed by atoms with Gasteiger partial charge in [0, 0.05) is 0 Å². The Morgan fingerprint density at radius 2 is 2.30 bits per heavy atom. The zero-order valence-corrected chi connectivity index (χ0v) is 5.76. The van der Waals surface area contributed by atoms with Crippen LogP contribution in [0, 0.1) is 12.9 Å². The maximum absolute atomic E-state index is 12.4. The molecule has 2 heteroatoms. The number of aryl methyl sites for hydroxylation is 1. The van der Waals surface area contributed by atoms with E-state index >= 15 is 0 Å². The highest BCUT2D eigenvalue weighted by Gasteiger charge is 1.95. The summed E-state index contributed by atoms with van der Waals surface area (Å²) < 4.78 is 12.4. The van der Waals surface area contributed by atoms with Crippen molar-refractivity contribution < 1.29 is 4.39 Å². The molecule has 1 rings (SSSR count). The molecule has 0 radical (unpaired) electrons. The molecule has 0 aliphatic rings. The molecule has 0 aliphatic heterocycles. The van der Waals surface area contributed by atoms with Gasteiger partial charge in [-0.05, 0) is 24.6 Å². The van der Waals surface area contributed by atoms with E-state index in [1.807, 2.05) is 6.92 Å². The Morgan fingerprint density at radius 3 is 2.80 bits per heavy atom. The lowest BCUT2D eigenvalue weighted by Gasteiger charge is -1.96. The predicted molar refractivity (Wildman–Crippen MR) is 39.0 cm³/mol. The van der Waals surface area contributed by atoms with E-state index < -0.39 is 5.95 Å². The fourth-order valence-corrected chi connectivity index (χ4v) is 0.726. The highest BCUT2D eigenvalue weighted by atomic mass is 19.1. The van der Waals surface area contributed by atoms with Gasteiger partial charge in [-0.2, -0.15) is 4.39 Å². The summed E-state index contributed by atoms with van der Waals surface area (Å²) in [5.41, 5.74) is 1.55. The summed E-state index contributed by atoms with van der Waals surface area (Å²) in [6.45, 7) is 5.37. The van der Waals surface area contributed by atoms with Gasteiger partial charge in [0.2, 0.25) is 5.95 Å². The minimum Gasteiger partial charge on any atom is -0.220 e. The summed E-state index contributed by atoms with van der Waals surface area (Å²) in [7, 11) is 0. The predicted octanol–water partition coefficient (Wildman–Crippen LogP) is 2.17. The Morgan fingerprint density at radius 1 is 1.60 bits per heavy atom. The first-order chi connectivity index (χ1) is 4.74. The minimum absolute atomic E-state index is 0.458. The van der Waals surface area contributed by atoms with Gasteiger partial charge in [-0.25, -0.2) is 4.98 Å². The van der Waals surface area contributed by atoms with E-state index in [2.05, 4.69) is 11.6 Å². The largest absolute Gasteiger partial charge is 0.220 e. The fourth-order valence-electron chi connectivity index (χ4n) is 0.726. The molecule has 52 valence electrons. The molecule has 10 heavy (non-hydrogen) atoms. The van der Waals surface area contributed by atoms with Gasteiger partial charge in [-0.15, -0.1) is 0 Å². The lowest BCUT2D eigenvalue weighted by molar-refractivity contribution is 0.582. The van der Waals surface area contributed by atoms with Crippen molar-refractivity contribution >= 4 is 6.08 Å². The van der Waals surface area contributed by atoms with Crippen LogP contribution in [0.5, 0.6) is 0 Å². The molecule has 0 spiro atoms. The Kier molecular flexibility index (Phi) is 1.81. The van der Waals surface area contributed by atoms with E-state index in [4.69, 9.17) is 0 Å². The standard InChI is InChI=1S/C8H8FN/c1-3-7-6(2)4-5-8(9)10-7/h3-5H,1H2,2H3. The topological polar surface area (TPSA) is 12.9 Å². The molecule has 0 aliphatic carbocycles. The second-order valence-electron chi connectivity index (χ2n) is 2.04. The van der Waals surface area contributed by atoms with E-state index in [1.165, 1.54) is 6.07 Å². The molecule has 0 saturated heterocycles. The Balaban J connectivity index is 3.21. The molecular weight excluding hydrogens is 129 g/mol. The van der Waals surface area contributed by atoms with Crippen LogP contribution in [-0.2, 0) is 0 Å². The summed E-state index contributed by atoms with van der Waals surface area (Å²) >= 11 is 0. The molecule has 0 N–H and O–H groups in total. The van der Waals surface area contributed by atoms with Crippen molar-refractivity contribution in [3.05, 3.63) is 35.9 Å². The number of aromatic nitrogens is 1. The molecule has 0 amide bonds.